The molecule has 48 heavy (non-hydrogen) atoms. The third-order valence-electron chi connectivity index (χ3n) is 9.16. The molecule has 1 heterocycles. The molecule has 3 aromatic carbocycles. The lowest BCUT2D eigenvalue weighted by Gasteiger charge is -2.44. The molecule has 1 fully saturated rings. The van der Waals surface area contributed by atoms with Crippen molar-refractivity contribution in [1.82, 2.24) is 10.5 Å². The van der Waals surface area contributed by atoms with Crippen molar-refractivity contribution in [2.45, 2.75) is 70.1 Å². The van der Waals surface area contributed by atoms with Gasteiger partial charge in [-0.2, -0.15) is 5.48 Å². The van der Waals surface area contributed by atoms with Crippen molar-refractivity contribution in [3.05, 3.63) is 107 Å². The fourth-order valence-corrected chi connectivity index (χ4v) is 6.64. The Morgan fingerprint density at radius 3 is 2.31 bits per heavy atom. The molecule has 4 rings (SSSR count). The van der Waals surface area contributed by atoms with Crippen molar-refractivity contribution in [3.8, 4) is 0 Å². The zero-order valence-electron chi connectivity index (χ0n) is 27.5. The highest BCUT2D eigenvalue weighted by Gasteiger charge is 2.62. The minimum Gasteiger partial charge on any atom is -0.454 e. The maximum absolute atomic E-state index is 14.6. The maximum Gasteiger partial charge on any atom is 0.321 e. The van der Waals surface area contributed by atoms with Gasteiger partial charge in [-0.25, -0.2) is 0 Å². The smallest absolute Gasteiger partial charge is 0.321 e. The van der Waals surface area contributed by atoms with Gasteiger partial charge in [0.25, 0.3) is 11.8 Å². The number of unbranched alkanes of at least 4 members (excludes halogenated alkanes) is 1. The zero-order chi connectivity index (χ0) is 34.7. The van der Waals surface area contributed by atoms with Crippen LogP contribution in [0, 0.1) is 11.8 Å². The molecule has 0 saturated carbocycles. The minimum absolute atomic E-state index is 0.000104. The second kappa shape index (κ2) is 16.4. The predicted molar refractivity (Wildman–Crippen MR) is 176 cm³/mol. The number of nitrogens with one attached hydrogen (secondary N) is 1. The third-order valence-corrected chi connectivity index (χ3v) is 9.16. The highest BCUT2D eigenvalue weighted by atomic mass is 16.7. The number of hydrogen-bond acceptors (Lipinski definition) is 10. The van der Waals surface area contributed by atoms with E-state index in [4.69, 9.17) is 20.1 Å². The fourth-order valence-electron chi connectivity index (χ4n) is 6.64. The number of carbonyl (C=O) groups is 5. The van der Waals surface area contributed by atoms with Crippen LogP contribution in [-0.4, -0.2) is 42.2 Å². The predicted octanol–water partition coefficient (Wildman–Crippen LogP) is 4.59. The molecule has 0 aliphatic carbocycles. The molecule has 0 bridgehead atoms. The van der Waals surface area contributed by atoms with Crippen molar-refractivity contribution in [2.24, 2.45) is 17.6 Å². The largest absolute Gasteiger partial charge is 0.454 e. The lowest BCUT2D eigenvalue weighted by molar-refractivity contribution is -0.190. The molecular weight excluding hydrogens is 614 g/mol. The van der Waals surface area contributed by atoms with Gasteiger partial charge in [-0.15, -0.1) is 5.06 Å². The second-order valence-corrected chi connectivity index (χ2v) is 12.0. The monoisotopic (exact) mass is 657 g/mol. The summed E-state index contributed by atoms with van der Waals surface area (Å²) in [6.07, 6.45) is 1.06. The Hall–Kier alpha value is -4.71. The summed E-state index contributed by atoms with van der Waals surface area (Å²) in [5.74, 6) is -3.47. The number of nitrogens with zero attached hydrogens (tertiary/aromatic N) is 1. The Labute approximate surface area is 280 Å². The normalized spacial score (nSPS) is 20.1. The number of carbonyl (C=O) groups excluding carboxylic acids is 5. The number of hydroxylamine groups is 3. The number of nitrogens with two attached hydrogens (primary N) is 1. The standard InChI is InChI=1S/C37H43N3O8/c1-4-32(43)48-37(29-17-9-6-10-18-29,24-28-15-7-5-8-16-28)26(2)23-36(27(3)34(44)40(35(36)45)47-25-42)31-20-12-11-19-30(31)33(38)39-46-22-14-13-21-41/h5-12,15-21,25-27,33,39H,4,13-14,22-24,38H2,1-3H3. The van der Waals surface area contributed by atoms with Crippen LogP contribution in [0.5, 0.6) is 0 Å². The van der Waals surface area contributed by atoms with Crippen molar-refractivity contribution in [2.75, 3.05) is 6.61 Å². The van der Waals surface area contributed by atoms with Crippen LogP contribution in [0.4, 0.5) is 0 Å². The van der Waals surface area contributed by atoms with Crippen LogP contribution in [0.15, 0.2) is 84.9 Å². The van der Waals surface area contributed by atoms with Gasteiger partial charge < -0.3 is 20.1 Å². The molecular formula is C37H43N3O8. The number of esters is 1. The molecule has 0 radical (unpaired) electrons. The van der Waals surface area contributed by atoms with Crippen LogP contribution in [-0.2, 0) is 55.8 Å². The van der Waals surface area contributed by atoms with Crippen molar-refractivity contribution < 1.29 is 38.4 Å². The number of amides is 2. The van der Waals surface area contributed by atoms with E-state index in [2.05, 4.69) is 5.48 Å². The van der Waals surface area contributed by atoms with E-state index in [0.29, 0.717) is 29.0 Å². The van der Waals surface area contributed by atoms with Crippen molar-refractivity contribution in [1.29, 1.82) is 0 Å². The lowest BCUT2D eigenvalue weighted by atomic mass is 9.62. The van der Waals surface area contributed by atoms with Crippen molar-refractivity contribution >= 4 is 30.5 Å². The SMILES string of the molecule is CCC(=O)OC(Cc1ccccc1)(c1ccccc1)C(C)CC1(c2ccccc2C(N)NOCCCC=O)C(=O)N(OC=O)C(=O)C1C. The van der Waals surface area contributed by atoms with Crippen LogP contribution in [0.1, 0.15) is 74.9 Å². The van der Waals surface area contributed by atoms with E-state index in [1.165, 1.54) is 0 Å². The average Bonchev–Trinajstić information content (AvgIpc) is 3.28. The Morgan fingerprint density at radius 1 is 1.02 bits per heavy atom. The minimum atomic E-state index is -1.61. The second-order valence-electron chi connectivity index (χ2n) is 12.0. The highest BCUT2D eigenvalue weighted by molar-refractivity contribution is 6.10. The first-order valence-corrected chi connectivity index (χ1v) is 16.1. The Balaban J connectivity index is 1.90. The zero-order valence-corrected chi connectivity index (χ0v) is 27.5. The summed E-state index contributed by atoms with van der Waals surface area (Å²) in [5.41, 5.74) is 9.00. The number of benzene rings is 3. The molecule has 0 spiro atoms. The van der Waals surface area contributed by atoms with E-state index in [1.807, 2.05) is 67.6 Å². The lowest BCUT2D eigenvalue weighted by Crippen LogP contribution is -2.49. The summed E-state index contributed by atoms with van der Waals surface area (Å²) in [4.78, 5) is 74.2. The summed E-state index contributed by atoms with van der Waals surface area (Å²) in [6, 6.07) is 25.9. The van der Waals surface area contributed by atoms with Gasteiger partial charge in [0.15, 0.2) is 0 Å². The molecule has 11 nitrogen and oxygen atoms in total. The molecule has 11 heteroatoms. The number of aldehydes is 1. The Morgan fingerprint density at radius 2 is 1.67 bits per heavy atom. The molecule has 254 valence electrons. The molecule has 0 aromatic heterocycles. The van der Waals surface area contributed by atoms with E-state index in [9.17, 15) is 24.0 Å². The number of ether oxygens (including phenoxy) is 1. The van der Waals surface area contributed by atoms with Gasteiger partial charge in [-0.1, -0.05) is 106 Å². The molecule has 1 aliphatic rings. The Bertz CT molecular complexity index is 1570. The first-order valence-electron chi connectivity index (χ1n) is 16.1. The van der Waals surface area contributed by atoms with Crippen LogP contribution >= 0.6 is 0 Å². The van der Waals surface area contributed by atoms with E-state index in [1.54, 1.807) is 38.1 Å². The maximum atomic E-state index is 14.6. The molecule has 1 aliphatic heterocycles. The van der Waals surface area contributed by atoms with Gasteiger partial charge >= 0.3 is 12.4 Å². The van der Waals surface area contributed by atoms with Gasteiger partial charge in [0, 0.05) is 25.2 Å². The summed E-state index contributed by atoms with van der Waals surface area (Å²) < 4.78 is 6.45. The van der Waals surface area contributed by atoms with Crippen LogP contribution in [0.25, 0.3) is 0 Å². The van der Waals surface area contributed by atoms with E-state index < -0.39 is 46.8 Å². The molecule has 1 saturated heterocycles. The number of imide groups is 1. The molecule has 3 aromatic rings. The van der Waals surface area contributed by atoms with Crippen LogP contribution in [0.2, 0.25) is 0 Å². The summed E-state index contributed by atoms with van der Waals surface area (Å²) >= 11 is 0. The summed E-state index contributed by atoms with van der Waals surface area (Å²) in [5, 5.41) is 0.509. The van der Waals surface area contributed by atoms with Gasteiger partial charge in [0.1, 0.15) is 18.1 Å². The number of rotatable bonds is 18. The average molecular weight is 658 g/mol. The summed E-state index contributed by atoms with van der Waals surface area (Å²) in [6.45, 7) is 5.49. The van der Waals surface area contributed by atoms with Gasteiger partial charge in [-0.3, -0.25) is 24.0 Å². The fraction of sp³-hybridized carbons (Fsp3) is 0.378. The third kappa shape index (κ3) is 7.38. The van der Waals surface area contributed by atoms with Crippen LogP contribution < -0.4 is 11.2 Å². The molecule has 5 unspecified atom stereocenters. The first-order chi connectivity index (χ1) is 23.2. The Kier molecular flexibility index (Phi) is 12.4. The van der Waals surface area contributed by atoms with Gasteiger partial charge in [0.2, 0.25) is 0 Å². The first kappa shape index (κ1) is 36.1. The number of hydrogen-bond donors (Lipinski definition) is 2. The van der Waals surface area contributed by atoms with Crippen molar-refractivity contribution in [3.63, 3.8) is 0 Å². The highest BCUT2D eigenvalue weighted by Crippen LogP contribution is 2.51. The quantitative estimate of drug-likeness (QED) is 0.0496. The van der Waals surface area contributed by atoms with E-state index in [0.717, 1.165) is 17.4 Å². The van der Waals surface area contributed by atoms with E-state index >= 15 is 0 Å². The van der Waals surface area contributed by atoms with Gasteiger partial charge in [-0.05, 0) is 35.1 Å². The van der Waals surface area contributed by atoms with E-state index in [-0.39, 0.29) is 32.3 Å². The molecule has 5 atom stereocenters. The van der Waals surface area contributed by atoms with Crippen LogP contribution in [0.3, 0.4) is 0 Å². The summed E-state index contributed by atoms with van der Waals surface area (Å²) in [7, 11) is 0. The molecule has 2 amide bonds. The molecule has 3 N–H and O–H groups in total. The van der Waals surface area contributed by atoms with Gasteiger partial charge in [0.05, 0.1) is 17.9 Å². The topological polar surface area (TPSA) is 154 Å².